The molecule has 0 aromatic rings. The molecule has 0 atom stereocenters. The summed E-state index contributed by atoms with van der Waals surface area (Å²) in [5, 5.41) is 11.0. The summed E-state index contributed by atoms with van der Waals surface area (Å²) in [6, 6.07) is -0.329. The number of carbonyl (C=O) groups is 3. The van der Waals surface area contributed by atoms with Gasteiger partial charge in [0.05, 0.1) is 13.0 Å². The molecule has 0 aliphatic rings. The Labute approximate surface area is 106 Å². The maximum atomic E-state index is 11.5. The van der Waals surface area contributed by atoms with Crippen LogP contribution >= 0.6 is 0 Å². The number of aliphatic carboxylic acids is 1. The molecule has 0 saturated carbocycles. The third kappa shape index (κ3) is 8.37. The van der Waals surface area contributed by atoms with Gasteiger partial charge in [0.15, 0.2) is 0 Å². The van der Waals surface area contributed by atoms with Gasteiger partial charge < -0.3 is 20.1 Å². The lowest BCUT2D eigenvalue weighted by molar-refractivity contribution is -0.143. The standard InChI is InChI=1S/C11H20N2O5/c1-3-18-10(16)6-7-12-11(17)13(2)8-4-5-9(14)15/h3-8H2,1-2H3,(H,12,17)(H,14,15). The van der Waals surface area contributed by atoms with Crippen LogP contribution in [0.25, 0.3) is 0 Å². The van der Waals surface area contributed by atoms with Crippen LogP contribution in [0.5, 0.6) is 0 Å². The number of rotatable bonds is 8. The Kier molecular flexibility index (Phi) is 8.34. The Morgan fingerprint density at radius 3 is 2.50 bits per heavy atom. The van der Waals surface area contributed by atoms with Gasteiger partial charge in [-0.1, -0.05) is 0 Å². The molecule has 0 bridgehead atoms. The molecule has 0 radical (unpaired) electrons. The van der Waals surface area contributed by atoms with Crippen LogP contribution in [0, 0.1) is 0 Å². The van der Waals surface area contributed by atoms with Crippen molar-refractivity contribution in [1.82, 2.24) is 10.2 Å². The topological polar surface area (TPSA) is 95.9 Å². The zero-order chi connectivity index (χ0) is 14.0. The summed E-state index contributed by atoms with van der Waals surface area (Å²) >= 11 is 0. The third-order valence-electron chi connectivity index (χ3n) is 2.14. The van der Waals surface area contributed by atoms with E-state index in [4.69, 9.17) is 9.84 Å². The van der Waals surface area contributed by atoms with E-state index in [1.807, 2.05) is 0 Å². The molecule has 0 aliphatic carbocycles. The quantitative estimate of drug-likeness (QED) is 0.617. The molecule has 0 aliphatic heterocycles. The second kappa shape index (κ2) is 9.26. The number of hydrogen-bond donors (Lipinski definition) is 2. The summed E-state index contributed by atoms with van der Waals surface area (Å²) in [5.74, 6) is -1.24. The third-order valence-corrected chi connectivity index (χ3v) is 2.14. The number of carboxylic acids is 1. The second-order valence-electron chi connectivity index (χ2n) is 3.71. The van der Waals surface area contributed by atoms with Crippen molar-refractivity contribution in [2.24, 2.45) is 0 Å². The van der Waals surface area contributed by atoms with Gasteiger partial charge in [-0.3, -0.25) is 9.59 Å². The minimum absolute atomic E-state index is 0.0282. The Hall–Kier alpha value is -1.79. The molecular formula is C11H20N2O5. The molecule has 7 nitrogen and oxygen atoms in total. The van der Waals surface area contributed by atoms with Crippen LogP contribution in [0.3, 0.4) is 0 Å². The molecule has 0 spiro atoms. The van der Waals surface area contributed by atoms with Gasteiger partial charge in [0.25, 0.3) is 0 Å². The van der Waals surface area contributed by atoms with Gasteiger partial charge >= 0.3 is 18.0 Å². The van der Waals surface area contributed by atoms with Crippen LogP contribution in [0.1, 0.15) is 26.2 Å². The summed E-state index contributed by atoms with van der Waals surface area (Å²) in [7, 11) is 1.57. The number of nitrogens with zero attached hydrogens (tertiary/aromatic N) is 1. The van der Waals surface area contributed by atoms with Gasteiger partial charge in [0.1, 0.15) is 0 Å². The van der Waals surface area contributed by atoms with E-state index in [1.165, 1.54) is 4.90 Å². The van der Waals surface area contributed by atoms with Crippen molar-refractivity contribution in [2.75, 3.05) is 26.7 Å². The first-order valence-electron chi connectivity index (χ1n) is 5.83. The number of esters is 1. The summed E-state index contributed by atoms with van der Waals surface area (Å²) in [5.41, 5.74) is 0. The lowest BCUT2D eigenvalue weighted by Crippen LogP contribution is -2.38. The van der Waals surface area contributed by atoms with Gasteiger partial charge in [-0.25, -0.2) is 4.79 Å². The number of nitrogens with one attached hydrogen (secondary N) is 1. The number of urea groups is 1. The van der Waals surface area contributed by atoms with E-state index in [1.54, 1.807) is 14.0 Å². The van der Waals surface area contributed by atoms with E-state index in [0.717, 1.165) is 0 Å². The van der Waals surface area contributed by atoms with Crippen molar-refractivity contribution in [2.45, 2.75) is 26.2 Å². The first-order valence-corrected chi connectivity index (χ1v) is 5.83. The average molecular weight is 260 g/mol. The summed E-state index contributed by atoms with van der Waals surface area (Å²) in [6.45, 7) is 2.60. The van der Waals surface area contributed by atoms with Gasteiger partial charge in [0, 0.05) is 26.6 Å². The number of hydrogen-bond acceptors (Lipinski definition) is 4. The molecule has 0 unspecified atom stereocenters. The maximum Gasteiger partial charge on any atom is 0.317 e. The molecule has 2 N–H and O–H groups in total. The molecule has 0 fully saturated rings. The Morgan fingerprint density at radius 2 is 1.94 bits per heavy atom. The highest BCUT2D eigenvalue weighted by molar-refractivity contribution is 5.75. The van der Waals surface area contributed by atoms with E-state index in [9.17, 15) is 14.4 Å². The molecule has 18 heavy (non-hydrogen) atoms. The lowest BCUT2D eigenvalue weighted by Gasteiger charge is -2.17. The Bertz CT molecular complexity index is 293. The van der Waals surface area contributed by atoms with E-state index < -0.39 is 5.97 Å². The first kappa shape index (κ1) is 16.2. The summed E-state index contributed by atoms with van der Waals surface area (Å²) < 4.78 is 4.71. The minimum atomic E-state index is -0.883. The highest BCUT2D eigenvalue weighted by atomic mass is 16.5. The monoisotopic (exact) mass is 260 g/mol. The molecule has 104 valence electrons. The zero-order valence-electron chi connectivity index (χ0n) is 10.8. The highest BCUT2D eigenvalue weighted by Crippen LogP contribution is 1.94. The smallest absolute Gasteiger partial charge is 0.317 e. The molecular weight excluding hydrogens is 240 g/mol. The second-order valence-corrected chi connectivity index (χ2v) is 3.71. The van der Waals surface area contributed by atoms with Crippen molar-refractivity contribution in [3.63, 3.8) is 0 Å². The van der Waals surface area contributed by atoms with Crippen molar-refractivity contribution in [3.05, 3.63) is 0 Å². The highest BCUT2D eigenvalue weighted by Gasteiger charge is 2.09. The summed E-state index contributed by atoms with van der Waals surface area (Å²) in [6.07, 6.45) is 0.556. The SMILES string of the molecule is CCOC(=O)CCNC(=O)N(C)CCCC(=O)O. The molecule has 0 rings (SSSR count). The number of carbonyl (C=O) groups excluding carboxylic acids is 2. The largest absolute Gasteiger partial charge is 0.481 e. The van der Waals surface area contributed by atoms with Crippen molar-refractivity contribution < 1.29 is 24.2 Å². The number of ether oxygens (including phenoxy) is 1. The summed E-state index contributed by atoms with van der Waals surface area (Å²) in [4.78, 5) is 34.1. The minimum Gasteiger partial charge on any atom is -0.481 e. The Morgan fingerprint density at radius 1 is 1.28 bits per heavy atom. The van der Waals surface area contributed by atoms with Crippen LogP contribution in [-0.4, -0.2) is 54.7 Å². The zero-order valence-corrected chi connectivity index (χ0v) is 10.8. The fourth-order valence-corrected chi connectivity index (χ4v) is 1.21. The molecule has 7 heteroatoms. The van der Waals surface area contributed by atoms with Crippen LogP contribution in [-0.2, 0) is 14.3 Å². The predicted octanol–water partition coefficient (Wildman–Crippen LogP) is 0.446. The molecule has 0 aromatic heterocycles. The van der Waals surface area contributed by atoms with Gasteiger partial charge in [0.2, 0.25) is 0 Å². The van der Waals surface area contributed by atoms with Crippen molar-refractivity contribution in [1.29, 1.82) is 0 Å². The normalized spacial score (nSPS) is 9.67. The first-order chi connectivity index (χ1) is 8.47. The van der Waals surface area contributed by atoms with E-state index in [0.29, 0.717) is 19.6 Å². The number of amides is 2. The predicted molar refractivity (Wildman–Crippen MR) is 64.1 cm³/mol. The average Bonchev–Trinajstić information content (AvgIpc) is 2.28. The van der Waals surface area contributed by atoms with Crippen LogP contribution in [0.2, 0.25) is 0 Å². The fourth-order valence-electron chi connectivity index (χ4n) is 1.21. The van der Waals surface area contributed by atoms with Crippen LogP contribution in [0.15, 0.2) is 0 Å². The molecule has 0 saturated heterocycles. The van der Waals surface area contributed by atoms with Gasteiger partial charge in [-0.15, -0.1) is 0 Å². The van der Waals surface area contributed by atoms with Gasteiger partial charge in [-0.2, -0.15) is 0 Å². The van der Waals surface area contributed by atoms with Crippen LogP contribution in [0.4, 0.5) is 4.79 Å². The molecule has 0 heterocycles. The van der Waals surface area contributed by atoms with E-state index >= 15 is 0 Å². The van der Waals surface area contributed by atoms with Crippen molar-refractivity contribution >= 4 is 18.0 Å². The van der Waals surface area contributed by atoms with Crippen LogP contribution < -0.4 is 5.32 Å². The number of carboxylic acid groups (broad SMARTS) is 1. The van der Waals surface area contributed by atoms with Gasteiger partial charge in [-0.05, 0) is 13.3 Å². The van der Waals surface area contributed by atoms with Crippen molar-refractivity contribution in [3.8, 4) is 0 Å². The maximum absolute atomic E-state index is 11.5. The molecule has 2 amide bonds. The van der Waals surface area contributed by atoms with E-state index in [-0.39, 0.29) is 31.4 Å². The fraction of sp³-hybridized carbons (Fsp3) is 0.727. The lowest BCUT2D eigenvalue weighted by atomic mass is 10.3. The molecule has 0 aromatic carbocycles. The Balaban J connectivity index is 3.67. The van der Waals surface area contributed by atoms with E-state index in [2.05, 4.69) is 5.32 Å².